The molecule has 0 saturated carbocycles. The molecule has 0 radical (unpaired) electrons. The summed E-state index contributed by atoms with van der Waals surface area (Å²) in [5, 5.41) is 1.59. The number of benzene rings is 1. The Morgan fingerprint density at radius 1 is 1.26 bits per heavy atom. The lowest BCUT2D eigenvalue weighted by Crippen LogP contribution is -2.26. The quantitative estimate of drug-likeness (QED) is 0.793. The average molecular weight is 328 g/mol. The summed E-state index contributed by atoms with van der Waals surface area (Å²) < 4.78 is 0. The summed E-state index contributed by atoms with van der Waals surface area (Å²) in [6.45, 7) is 2.63. The van der Waals surface area contributed by atoms with Crippen LogP contribution >= 0.6 is 11.6 Å². The molecule has 1 aromatic carbocycles. The van der Waals surface area contributed by atoms with Crippen LogP contribution in [0, 0.1) is 0 Å². The SMILES string of the molecule is C[C@@H](c1ccccn1)N(C)Cc1cc2ccc(Cl)cc2[nH]c1=O. The molecule has 3 rings (SSSR count). The van der Waals surface area contributed by atoms with Crippen LogP contribution in [0.4, 0.5) is 0 Å². The maximum Gasteiger partial charge on any atom is 0.252 e. The zero-order valence-corrected chi connectivity index (χ0v) is 13.8. The zero-order chi connectivity index (χ0) is 16.4. The van der Waals surface area contributed by atoms with Crippen molar-refractivity contribution in [1.82, 2.24) is 14.9 Å². The molecule has 3 aromatic rings. The zero-order valence-electron chi connectivity index (χ0n) is 13.1. The van der Waals surface area contributed by atoms with E-state index in [1.54, 1.807) is 12.3 Å². The fourth-order valence-electron chi connectivity index (χ4n) is 2.59. The molecule has 118 valence electrons. The molecule has 0 aliphatic heterocycles. The van der Waals surface area contributed by atoms with Crippen molar-refractivity contribution in [1.29, 1.82) is 0 Å². The molecule has 4 nitrogen and oxygen atoms in total. The van der Waals surface area contributed by atoms with Gasteiger partial charge in [-0.05, 0) is 49.7 Å². The maximum absolute atomic E-state index is 12.3. The van der Waals surface area contributed by atoms with Gasteiger partial charge in [0.15, 0.2) is 0 Å². The third-order valence-electron chi connectivity index (χ3n) is 4.08. The number of aromatic amines is 1. The Bertz CT molecular complexity index is 876. The predicted octanol–water partition coefficient (Wildman–Crippen LogP) is 3.77. The highest BCUT2D eigenvalue weighted by molar-refractivity contribution is 6.31. The standard InChI is InChI=1S/C18H18ClN3O/c1-12(16-5-3-4-8-20-16)22(2)11-14-9-13-6-7-15(19)10-17(13)21-18(14)23/h3-10,12H,11H2,1-2H3,(H,21,23)/t12-/m0/s1. The fourth-order valence-corrected chi connectivity index (χ4v) is 2.76. The molecule has 1 N–H and O–H groups in total. The lowest BCUT2D eigenvalue weighted by Gasteiger charge is -2.24. The topological polar surface area (TPSA) is 49.0 Å². The minimum absolute atomic E-state index is 0.0835. The Kier molecular flexibility index (Phi) is 4.46. The number of aromatic nitrogens is 2. The van der Waals surface area contributed by atoms with Gasteiger partial charge in [0.25, 0.3) is 5.56 Å². The Morgan fingerprint density at radius 2 is 2.09 bits per heavy atom. The minimum atomic E-state index is -0.0835. The summed E-state index contributed by atoms with van der Waals surface area (Å²) in [6.07, 6.45) is 1.78. The van der Waals surface area contributed by atoms with Crippen LogP contribution in [-0.2, 0) is 6.54 Å². The summed E-state index contributed by atoms with van der Waals surface area (Å²) in [5.74, 6) is 0. The van der Waals surface area contributed by atoms with Gasteiger partial charge in [-0.25, -0.2) is 0 Å². The number of H-pyrrole nitrogens is 1. The minimum Gasteiger partial charge on any atom is -0.322 e. The van der Waals surface area contributed by atoms with E-state index in [1.807, 2.05) is 43.4 Å². The molecule has 0 bridgehead atoms. The summed E-state index contributed by atoms with van der Waals surface area (Å²) in [5.41, 5.74) is 2.38. The highest BCUT2D eigenvalue weighted by Crippen LogP contribution is 2.20. The molecule has 0 saturated heterocycles. The third kappa shape index (κ3) is 3.44. The fraction of sp³-hybridized carbons (Fsp3) is 0.222. The van der Waals surface area contributed by atoms with Crippen molar-refractivity contribution >= 4 is 22.5 Å². The number of hydrogen-bond acceptors (Lipinski definition) is 3. The van der Waals surface area contributed by atoms with E-state index in [9.17, 15) is 4.79 Å². The molecule has 23 heavy (non-hydrogen) atoms. The lowest BCUT2D eigenvalue weighted by molar-refractivity contribution is 0.248. The van der Waals surface area contributed by atoms with Crippen LogP contribution in [0.1, 0.15) is 24.2 Å². The first-order valence-electron chi connectivity index (χ1n) is 7.47. The maximum atomic E-state index is 12.3. The van der Waals surface area contributed by atoms with Gasteiger partial charge in [-0.3, -0.25) is 14.7 Å². The van der Waals surface area contributed by atoms with Gasteiger partial charge in [0, 0.05) is 34.9 Å². The van der Waals surface area contributed by atoms with Crippen LogP contribution in [0.2, 0.25) is 5.02 Å². The first-order chi connectivity index (χ1) is 11.0. The van der Waals surface area contributed by atoms with Gasteiger partial charge in [0.05, 0.1) is 5.69 Å². The van der Waals surface area contributed by atoms with E-state index >= 15 is 0 Å². The van der Waals surface area contributed by atoms with E-state index in [0.717, 1.165) is 22.2 Å². The lowest BCUT2D eigenvalue weighted by atomic mass is 10.1. The predicted molar refractivity (Wildman–Crippen MR) is 93.7 cm³/mol. The second-order valence-corrected chi connectivity index (χ2v) is 6.14. The van der Waals surface area contributed by atoms with E-state index in [-0.39, 0.29) is 11.6 Å². The van der Waals surface area contributed by atoms with Gasteiger partial charge in [-0.1, -0.05) is 23.7 Å². The summed E-state index contributed by atoms with van der Waals surface area (Å²) in [7, 11) is 1.99. The number of nitrogens with zero attached hydrogens (tertiary/aromatic N) is 2. The Morgan fingerprint density at radius 3 is 2.83 bits per heavy atom. The average Bonchev–Trinajstić information content (AvgIpc) is 2.55. The van der Waals surface area contributed by atoms with Crippen LogP contribution in [0.25, 0.3) is 10.9 Å². The first-order valence-corrected chi connectivity index (χ1v) is 7.85. The van der Waals surface area contributed by atoms with Crippen molar-refractivity contribution in [2.24, 2.45) is 0 Å². The van der Waals surface area contributed by atoms with Crippen LogP contribution in [-0.4, -0.2) is 21.9 Å². The van der Waals surface area contributed by atoms with Gasteiger partial charge >= 0.3 is 0 Å². The molecule has 0 fully saturated rings. The van der Waals surface area contributed by atoms with Crippen LogP contribution in [0.5, 0.6) is 0 Å². The largest absolute Gasteiger partial charge is 0.322 e. The second kappa shape index (κ2) is 6.52. The van der Waals surface area contributed by atoms with Gasteiger partial charge in [0.2, 0.25) is 0 Å². The van der Waals surface area contributed by atoms with Gasteiger partial charge < -0.3 is 4.98 Å². The second-order valence-electron chi connectivity index (χ2n) is 5.70. The number of rotatable bonds is 4. The molecular weight excluding hydrogens is 310 g/mol. The number of pyridine rings is 2. The number of hydrogen-bond donors (Lipinski definition) is 1. The first kappa shape index (κ1) is 15.7. The van der Waals surface area contributed by atoms with Crippen LogP contribution in [0.3, 0.4) is 0 Å². The van der Waals surface area contributed by atoms with Crippen molar-refractivity contribution in [3.05, 3.63) is 75.3 Å². The van der Waals surface area contributed by atoms with E-state index in [0.29, 0.717) is 11.6 Å². The van der Waals surface area contributed by atoms with Crippen molar-refractivity contribution in [3.8, 4) is 0 Å². The number of halogens is 1. The smallest absolute Gasteiger partial charge is 0.252 e. The Labute approximate surface area is 139 Å². The Balaban J connectivity index is 1.87. The van der Waals surface area contributed by atoms with Crippen LogP contribution in [0.15, 0.2) is 53.5 Å². The van der Waals surface area contributed by atoms with Crippen molar-refractivity contribution in [2.75, 3.05) is 7.05 Å². The molecule has 0 amide bonds. The van der Waals surface area contributed by atoms with Gasteiger partial charge in [-0.15, -0.1) is 0 Å². The highest BCUT2D eigenvalue weighted by Gasteiger charge is 2.14. The van der Waals surface area contributed by atoms with E-state index in [4.69, 9.17) is 11.6 Å². The summed E-state index contributed by atoms with van der Waals surface area (Å²) >= 11 is 5.97. The highest BCUT2D eigenvalue weighted by atomic mass is 35.5. The summed E-state index contributed by atoms with van der Waals surface area (Å²) in [6, 6.07) is 13.4. The van der Waals surface area contributed by atoms with Gasteiger partial charge in [0.1, 0.15) is 0 Å². The van der Waals surface area contributed by atoms with Crippen molar-refractivity contribution < 1.29 is 0 Å². The van der Waals surface area contributed by atoms with Crippen molar-refractivity contribution in [3.63, 3.8) is 0 Å². The third-order valence-corrected chi connectivity index (χ3v) is 4.32. The molecule has 0 spiro atoms. The molecule has 0 aliphatic carbocycles. The van der Waals surface area contributed by atoms with E-state index in [1.165, 1.54) is 0 Å². The number of nitrogens with one attached hydrogen (secondary N) is 1. The molecule has 2 heterocycles. The summed E-state index contributed by atoms with van der Waals surface area (Å²) in [4.78, 5) is 21.7. The Hall–Kier alpha value is -2.17. The molecule has 1 atom stereocenters. The van der Waals surface area contributed by atoms with Crippen LogP contribution < -0.4 is 5.56 Å². The normalized spacial score (nSPS) is 12.7. The molecule has 2 aromatic heterocycles. The molecular formula is C18H18ClN3O. The molecule has 0 unspecified atom stereocenters. The van der Waals surface area contributed by atoms with E-state index < -0.39 is 0 Å². The van der Waals surface area contributed by atoms with E-state index in [2.05, 4.69) is 21.8 Å². The molecule has 5 heteroatoms. The van der Waals surface area contributed by atoms with Gasteiger partial charge in [-0.2, -0.15) is 0 Å². The monoisotopic (exact) mass is 327 g/mol. The number of fused-ring (bicyclic) bond motifs is 1. The molecule has 0 aliphatic rings. The van der Waals surface area contributed by atoms with Crippen molar-refractivity contribution in [2.45, 2.75) is 19.5 Å².